The van der Waals surface area contributed by atoms with E-state index in [2.05, 4.69) is 10.2 Å². The van der Waals surface area contributed by atoms with Crippen molar-refractivity contribution in [1.82, 2.24) is 10.2 Å². The molecular weight excluding hydrogens is 396 g/mol. The van der Waals surface area contributed by atoms with Crippen molar-refractivity contribution in [3.63, 3.8) is 0 Å². The number of nitrogens with zero attached hydrogens (tertiary/aromatic N) is 1. The van der Waals surface area contributed by atoms with Gasteiger partial charge in [0.15, 0.2) is 0 Å². The molecule has 0 unspecified atom stereocenters. The van der Waals surface area contributed by atoms with Crippen molar-refractivity contribution in [3.05, 3.63) is 47.0 Å². The quantitative estimate of drug-likeness (QED) is 0.597. The molecule has 1 amide bonds. The van der Waals surface area contributed by atoms with Gasteiger partial charge in [-0.2, -0.15) is 0 Å². The molecule has 2 saturated heterocycles. The lowest BCUT2D eigenvalue weighted by atomic mass is 9.85. The summed E-state index contributed by atoms with van der Waals surface area (Å²) in [6.45, 7) is 5.75. The van der Waals surface area contributed by atoms with Crippen LogP contribution in [0.15, 0.2) is 34.7 Å². The number of likely N-dealkylation sites (tertiary alicyclic amines) is 1. The molecule has 162 valence electrons. The number of furan rings is 1. The van der Waals surface area contributed by atoms with E-state index in [0.717, 1.165) is 32.7 Å². The Hall–Kier alpha value is -3.03. The van der Waals surface area contributed by atoms with Gasteiger partial charge in [0, 0.05) is 42.1 Å². The van der Waals surface area contributed by atoms with E-state index in [1.165, 1.54) is 0 Å². The number of hydrogen-bond donors (Lipinski definition) is 3. The summed E-state index contributed by atoms with van der Waals surface area (Å²) in [5.74, 6) is 0.478. The first-order valence-electron chi connectivity index (χ1n) is 10.5. The third kappa shape index (κ3) is 3.25. The van der Waals surface area contributed by atoms with Crippen LogP contribution in [0.4, 0.5) is 0 Å². The van der Waals surface area contributed by atoms with Gasteiger partial charge in [-0.3, -0.25) is 9.69 Å². The minimum Gasteiger partial charge on any atom is -0.508 e. The number of amides is 1. The molecule has 0 saturated carbocycles. The Morgan fingerprint density at radius 2 is 1.97 bits per heavy atom. The second-order valence-electron chi connectivity index (χ2n) is 8.78. The van der Waals surface area contributed by atoms with E-state index in [-0.39, 0.29) is 22.8 Å². The van der Waals surface area contributed by atoms with Gasteiger partial charge in [0.05, 0.1) is 18.8 Å². The summed E-state index contributed by atoms with van der Waals surface area (Å²) in [5.41, 5.74) is 3.26. The molecule has 3 heterocycles. The molecular formula is C24H26N2O5. The van der Waals surface area contributed by atoms with E-state index < -0.39 is 0 Å². The average molecular weight is 422 g/mol. The van der Waals surface area contributed by atoms with Crippen LogP contribution in [0.5, 0.6) is 11.5 Å². The molecule has 1 spiro atoms. The largest absolute Gasteiger partial charge is 0.508 e. The number of hydrogen-bond acceptors (Lipinski definition) is 6. The Morgan fingerprint density at radius 1 is 1.19 bits per heavy atom. The highest BCUT2D eigenvalue weighted by Gasteiger charge is 2.44. The average Bonchev–Trinajstić information content (AvgIpc) is 3.34. The Morgan fingerprint density at radius 3 is 2.61 bits per heavy atom. The normalized spacial score (nSPS) is 17.9. The fourth-order valence-electron chi connectivity index (χ4n) is 4.76. The maximum Gasteiger partial charge on any atom is 0.255 e. The number of carbonyl (C=O) groups excluding carboxylic acids is 1. The predicted octanol–water partition coefficient (Wildman–Crippen LogP) is 3.40. The van der Waals surface area contributed by atoms with Crippen molar-refractivity contribution in [2.75, 3.05) is 33.4 Å². The maximum absolute atomic E-state index is 13.0. The molecule has 2 aromatic carbocycles. The summed E-state index contributed by atoms with van der Waals surface area (Å²) in [6.07, 6.45) is 1.08. The number of aromatic hydroxyl groups is 2. The van der Waals surface area contributed by atoms with Gasteiger partial charge in [-0.25, -0.2) is 0 Å². The number of carbonyl (C=O) groups is 1. The van der Waals surface area contributed by atoms with Crippen LogP contribution in [0.3, 0.4) is 0 Å². The third-order valence-electron chi connectivity index (χ3n) is 6.57. The first-order chi connectivity index (χ1) is 14.9. The van der Waals surface area contributed by atoms with Crippen LogP contribution >= 0.6 is 0 Å². The van der Waals surface area contributed by atoms with Crippen molar-refractivity contribution in [2.45, 2.75) is 19.9 Å². The Kier molecular flexibility index (Phi) is 4.68. The molecule has 0 radical (unpaired) electrons. The van der Waals surface area contributed by atoms with E-state index in [4.69, 9.17) is 9.15 Å². The molecule has 3 aromatic rings. The van der Waals surface area contributed by atoms with E-state index in [1.54, 1.807) is 44.3 Å². The standard InChI is InChI=1S/C24H26N2O5/c1-14-9-15(3-4-17(14)27)22-21(23(29)25-2)20-16(18(28)5-6-19(20)31-22)10-26-8-7-24(11-26)12-30-13-24/h3-6,9,27-28H,7-8,10-13H2,1-2H3,(H,25,29). The number of fused-ring (bicyclic) bond motifs is 1. The molecule has 0 aliphatic carbocycles. The van der Waals surface area contributed by atoms with Crippen LogP contribution in [0, 0.1) is 12.3 Å². The summed E-state index contributed by atoms with van der Waals surface area (Å²) in [4.78, 5) is 15.3. The van der Waals surface area contributed by atoms with Gasteiger partial charge in [0.1, 0.15) is 22.8 Å². The summed E-state index contributed by atoms with van der Waals surface area (Å²) >= 11 is 0. The zero-order valence-corrected chi connectivity index (χ0v) is 17.7. The second-order valence-corrected chi connectivity index (χ2v) is 8.78. The zero-order valence-electron chi connectivity index (χ0n) is 17.7. The lowest BCUT2D eigenvalue weighted by molar-refractivity contribution is -0.105. The minimum atomic E-state index is -0.281. The van der Waals surface area contributed by atoms with Gasteiger partial charge in [-0.05, 0) is 55.8 Å². The molecule has 7 nitrogen and oxygen atoms in total. The van der Waals surface area contributed by atoms with Crippen molar-refractivity contribution < 1.29 is 24.2 Å². The Bertz CT molecular complexity index is 1180. The summed E-state index contributed by atoms with van der Waals surface area (Å²) in [6, 6.07) is 8.43. The molecule has 2 aliphatic heterocycles. The number of aryl methyl sites for hydroxylation is 1. The molecule has 3 N–H and O–H groups in total. The van der Waals surface area contributed by atoms with E-state index >= 15 is 0 Å². The van der Waals surface area contributed by atoms with Gasteiger partial charge in [-0.1, -0.05) is 0 Å². The Balaban J connectivity index is 1.64. The molecule has 5 rings (SSSR count). The number of rotatable bonds is 4. The SMILES string of the molecule is CNC(=O)c1c(-c2ccc(O)c(C)c2)oc2ccc(O)c(CN3CCC4(COC4)C3)c12. The third-order valence-corrected chi connectivity index (χ3v) is 6.57. The van der Waals surface area contributed by atoms with E-state index in [0.29, 0.717) is 45.5 Å². The number of benzene rings is 2. The van der Waals surface area contributed by atoms with Crippen LogP contribution < -0.4 is 5.32 Å². The lowest BCUT2D eigenvalue weighted by Gasteiger charge is -2.37. The van der Waals surface area contributed by atoms with E-state index in [1.807, 2.05) is 0 Å². The van der Waals surface area contributed by atoms with Crippen molar-refractivity contribution >= 4 is 16.9 Å². The lowest BCUT2D eigenvalue weighted by Crippen LogP contribution is -2.44. The molecule has 0 atom stereocenters. The topological polar surface area (TPSA) is 95.2 Å². The summed E-state index contributed by atoms with van der Waals surface area (Å²) in [5, 5.41) is 24.0. The maximum atomic E-state index is 13.0. The number of ether oxygens (including phenoxy) is 1. The molecule has 7 heteroatoms. The predicted molar refractivity (Wildman–Crippen MR) is 116 cm³/mol. The smallest absolute Gasteiger partial charge is 0.255 e. The number of phenols is 2. The summed E-state index contributed by atoms with van der Waals surface area (Å²) < 4.78 is 11.6. The number of phenolic OH excluding ortho intramolecular Hbond substituents is 2. The fraction of sp³-hybridized carbons (Fsp3) is 0.375. The van der Waals surface area contributed by atoms with Crippen LogP contribution in [-0.4, -0.2) is 54.4 Å². The van der Waals surface area contributed by atoms with Crippen LogP contribution in [0.25, 0.3) is 22.3 Å². The van der Waals surface area contributed by atoms with Crippen molar-refractivity contribution in [3.8, 4) is 22.8 Å². The van der Waals surface area contributed by atoms with Crippen LogP contribution in [0.2, 0.25) is 0 Å². The van der Waals surface area contributed by atoms with E-state index in [9.17, 15) is 15.0 Å². The molecule has 0 bridgehead atoms. The number of nitrogens with one attached hydrogen (secondary N) is 1. The molecule has 2 fully saturated rings. The first kappa shape index (κ1) is 19.9. The van der Waals surface area contributed by atoms with Crippen molar-refractivity contribution in [1.29, 1.82) is 0 Å². The molecule has 1 aromatic heterocycles. The van der Waals surface area contributed by atoms with Crippen molar-refractivity contribution in [2.24, 2.45) is 5.41 Å². The monoisotopic (exact) mass is 422 g/mol. The minimum absolute atomic E-state index is 0.151. The van der Waals surface area contributed by atoms with Gasteiger partial charge in [0.25, 0.3) is 5.91 Å². The first-order valence-corrected chi connectivity index (χ1v) is 10.5. The van der Waals surface area contributed by atoms with Gasteiger partial charge < -0.3 is 24.7 Å². The molecule has 2 aliphatic rings. The van der Waals surface area contributed by atoms with Gasteiger partial charge in [-0.15, -0.1) is 0 Å². The fourth-order valence-corrected chi connectivity index (χ4v) is 4.76. The Labute approximate surface area is 180 Å². The van der Waals surface area contributed by atoms with Gasteiger partial charge in [0.2, 0.25) is 0 Å². The highest BCUT2D eigenvalue weighted by molar-refractivity contribution is 6.12. The zero-order chi connectivity index (χ0) is 21.8. The molecule has 31 heavy (non-hydrogen) atoms. The highest BCUT2D eigenvalue weighted by Crippen LogP contribution is 2.42. The van der Waals surface area contributed by atoms with Crippen LogP contribution in [-0.2, 0) is 11.3 Å². The highest BCUT2D eigenvalue weighted by atomic mass is 16.5. The van der Waals surface area contributed by atoms with Gasteiger partial charge >= 0.3 is 0 Å². The second kappa shape index (κ2) is 7.28. The van der Waals surface area contributed by atoms with Crippen LogP contribution in [0.1, 0.15) is 27.9 Å². The summed E-state index contributed by atoms with van der Waals surface area (Å²) in [7, 11) is 1.58.